The molecule has 0 N–H and O–H groups in total. The van der Waals surface area contributed by atoms with Gasteiger partial charge in [0.05, 0.1) is 6.61 Å². The number of rotatable bonds is 5. The second-order valence-corrected chi connectivity index (χ2v) is 4.30. The lowest BCUT2D eigenvalue weighted by atomic mass is 10.0. The number of aryl methyl sites for hydroxylation is 1. The zero-order valence-corrected chi connectivity index (χ0v) is 10.7. The maximum atomic E-state index is 11.3. The summed E-state index contributed by atoms with van der Waals surface area (Å²) in [7, 11) is 0. The number of hydrogen-bond donors (Lipinski definition) is 0. The minimum absolute atomic E-state index is 0.0982. The minimum Gasteiger partial charge on any atom is -0.466 e. The molecule has 2 aliphatic rings. The van der Waals surface area contributed by atoms with Crippen LogP contribution in [-0.2, 0) is 16.0 Å². The molecular weight excluding hydrogens is 224 g/mol. The third-order valence-electron chi connectivity index (χ3n) is 3.01. The molecule has 0 heterocycles. The van der Waals surface area contributed by atoms with E-state index in [1.165, 1.54) is 16.7 Å². The van der Waals surface area contributed by atoms with Crippen LogP contribution in [0.1, 0.15) is 25.3 Å². The fraction of sp³-hybridized carbons (Fsp3) is 0.312. The van der Waals surface area contributed by atoms with E-state index < -0.39 is 0 Å². The summed E-state index contributed by atoms with van der Waals surface area (Å²) in [5.74, 6) is -0.0982. The summed E-state index contributed by atoms with van der Waals surface area (Å²) < 4.78 is 4.92. The fourth-order valence-corrected chi connectivity index (χ4v) is 2.15. The van der Waals surface area contributed by atoms with Crippen molar-refractivity contribution in [1.82, 2.24) is 0 Å². The van der Waals surface area contributed by atoms with E-state index in [2.05, 4.69) is 30.3 Å². The van der Waals surface area contributed by atoms with E-state index in [1.807, 2.05) is 19.1 Å². The summed E-state index contributed by atoms with van der Waals surface area (Å²) >= 11 is 0. The summed E-state index contributed by atoms with van der Waals surface area (Å²) in [5, 5.41) is 0. The number of hydrogen-bond acceptors (Lipinski definition) is 2. The standard InChI is InChI=1S/C16H18O2/c1-2-18-16(17)10-6-8-14-12-11-13-7-4-3-5-9-15(13)14/h3-5,7,9,11-12H,2,6,8,10H2,1H3. The average Bonchev–Trinajstić information content (AvgIpc) is 2.60. The first-order valence-electron chi connectivity index (χ1n) is 6.43. The van der Waals surface area contributed by atoms with Crippen molar-refractivity contribution < 1.29 is 9.53 Å². The summed E-state index contributed by atoms with van der Waals surface area (Å²) in [6, 6.07) is 14.7. The second-order valence-electron chi connectivity index (χ2n) is 4.30. The Morgan fingerprint density at radius 3 is 2.78 bits per heavy atom. The van der Waals surface area contributed by atoms with Crippen molar-refractivity contribution in [2.24, 2.45) is 0 Å². The lowest BCUT2D eigenvalue weighted by molar-refractivity contribution is -0.143. The van der Waals surface area contributed by atoms with E-state index in [4.69, 9.17) is 4.74 Å². The first kappa shape index (κ1) is 12.6. The molecule has 0 atom stereocenters. The van der Waals surface area contributed by atoms with E-state index in [0.29, 0.717) is 13.0 Å². The van der Waals surface area contributed by atoms with Crippen molar-refractivity contribution in [3.8, 4) is 11.1 Å². The van der Waals surface area contributed by atoms with Gasteiger partial charge < -0.3 is 4.74 Å². The Kier molecular flexibility index (Phi) is 4.35. The topological polar surface area (TPSA) is 26.3 Å². The van der Waals surface area contributed by atoms with Crippen LogP contribution in [-0.4, -0.2) is 12.6 Å². The monoisotopic (exact) mass is 242 g/mol. The van der Waals surface area contributed by atoms with E-state index >= 15 is 0 Å². The van der Waals surface area contributed by atoms with Crippen molar-refractivity contribution in [3.05, 3.63) is 48.0 Å². The molecule has 18 heavy (non-hydrogen) atoms. The van der Waals surface area contributed by atoms with E-state index in [1.54, 1.807) is 0 Å². The summed E-state index contributed by atoms with van der Waals surface area (Å²) in [5.41, 5.74) is 3.85. The molecule has 0 radical (unpaired) electrons. The molecule has 2 nitrogen and oxygen atoms in total. The molecule has 0 fully saturated rings. The van der Waals surface area contributed by atoms with Crippen LogP contribution < -0.4 is 0 Å². The average molecular weight is 242 g/mol. The van der Waals surface area contributed by atoms with Gasteiger partial charge in [-0.05, 0) is 36.5 Å². The van der Waals surface area contributed by atoms with Gasteiger partial charge >= 0.3 is 5.97 Å². The summed E-state index contributed by atoms with van der Waals surface area (Å²) in [6.07, 6.45) is 2.27. The quantitative estimate of drug-likeness (QED) is 0.748. The molecule has 0 saturated heterocycles. The van der Waals surface area contributed by atoms with Crippen LogP contribution in [0, 0.1) is 0 Å². The zero-order valence-electron chi connectivity index (χ0n) is 10.7. The lowest BCUT2D eigenvalue weighted by Gasteiger charge is -2.03. The Balaban J connectivity index is 1.96. The number of fused-ring (bicyclic) bond motifs is 1. The SMILES string of the molecule is CCOC(=O)CCCc1ccc2cccccc1-2. The molecule has 2 heteroatoms. The van der Waals surface area contributed by atoms with Gasteiger partial charge in [0.2, 0.25) is 0 Å². The van der Waals surface area contributed by atoms with E-state index in [-0.39, 0.29) is 5.97 Å². The van der Waals surface area contributed by atoms with Crippen LogP contribution >= 0.6 is 0 Å². The van der Waals surface area contributed by atoms with Crippen LogP contribution in [0.4, 0.5) is 0 Å². The molecule has 0 spiro atoms. The number of carbonyl (C=O) groups excluding carboxylic acids is 1. The third kappa shape index (κ3) is 3.10. The Hall–Kier alpha value is -1.83. The van der Waals surface area contributed by atoms with Crippen molar-refractivity contribution in [2.75, 3.05) is 6.61 Å². The predicted molar refractivity (Wildman–Crippen MR) is 72.6 cm³/mol. The van der Waals surface area contributed by atoms with Gasteiger partial charge in [-0.15, -0.1) is 0 Å². The molecule has 0 bridgehead atoms. The zero-order chi connectivity index (χ0) is 12.8. The van der Waals surface area contributed by atoms with Gasteiger partial charge in [0.25, 0.3) is 0 Å². The normalized spacial score (nSPS) is 10.5. The van der Waals surface area contributed by atoms with Crippen LogP contribution in [0.2, 0.25) is 0 Å². The molecule has 0 unspecified atom stereocenters. The van der Waals surface area contributed by atoms with Gasteiger partial charge in [-0.3, -0.25) is 4.79 Å². The van der Waals surface area contributed by atoms with Crippen LogP contribution in [0.25, 0.3) is 11.1 Å². The fourth-order valence-electron chi connectivity index (χ4n) is 2.15. The number of carbonyl (C=O) groups is 1. The van der Waals surface area contributed by atoms with Crippen LogP contribution in [0.15, 0.2) is 42.5 Å². The Labute approximate surface area is 108 Å². The summed E-state index contributed by atoms with van der Waals surface area (Å²) in [4.78, 5) is 11.3. The third-order valence-corrected chi connectivity index (χ3v) is 3.01. The highest BCUT2D eigenvalue weighted by Gasteiger charge is 2.08. The van der Waals surface area contributed by atoms with Crippen molar-refractivity contribution in [3.63, 3.8) is 0 Å². The Morgan fingerprint density at radius 2 is 1.94 bits per heavy atom. The molecule has 0 amide bonds. The van der Waals surface area contributed by atoms with Crippen molar-refractivity contribution in [2.45, 2.75) is 26.2 Å². The molecule has 2 rings (SSSR count). The molecule has 0 aromatic heterocycles. The van der Waals surface area contributed by atoms with E-state index in [0.717, 1.165) is 12.8 Å². The van der Waals surface area contributed by atoms with Crippen LogP contribution in [0.3, 0.4) is 0 Å². The van der Waals surface area contributed by atoms with Gasteiger partial charge in [-0.2, -0.15) is 0 Å². The van der Waals surface area contributed by atoms with Gasteiger partial charge in [-0.25, -0.2) is 0 Å². The maximum absolute atomic E-state index is 11.3. The smallest absolute Gasteiger partial charge is 0.305 e. The largest absolute Gasteiger partial charge is 0.466 e. The Morgan fingerprint density at radius 1 is 1.11 bits per heavy atom. The molecule has 0 aliphatic heterocycles. The van der Waals surface area contributed by atoms with Gasteiger partial charge in [0.15, 0.2) is 0 Å². The first-order valence-corrected chi connectivity index (χ1v) is 6.43. The molecule has 0 aromatic rings. The lowest BCUT2D eigenvalue weighted by Crippen LogP contribution is -2.03. The molecule has 2 aliphatic carbocycles. The second kappa shape index (κ2) is 6.20. The Bertz CT molecular complexity index is 490. The molecule has 0 saturated carbocycles. The molecule has 0 aromatic carbocycles. The van der Waals surface area contributed by atoms with Crippen molar-refractivity contribution in [1.29, 1.82) is 0 Å². The molecule has 94 valence electrons. The first-order chi connectivity index (χ1) is 8.81. The highest BCUT2D eigenvalue weighted by atomic mass is 16.5. The number of esters is 1. The predicted octanol–water partition coefficient (Wildman–Crippen LogP) is 3.68. The maximum Gasteiger partial charge on any atom is 0.305 e. The minimum atomic E-state index is -0.0982. The van der Waals surface area contributed by atoms with Gasteiger partial charge in [0, 0.05) is 6.42 Å². The van der Waals surface area contributed by atoms with Crippen LogP contribution in [0.5, 0.6) is 0 Å². The van der Waals surface area contributed by atoms with E-state index in [9.17, 15) is 4.79 Å². The highest BCUT2D eigenvalue weighted by Crippen LogP contribution is 2.27. The highest BCUT2D eigenvalue weighted by molar-refractivity contribution is 5.71. The number of ether oxygens (including phenoxy) is 1. The van der Waals surface area contributed by atoms with Crippen molar-refractivity contribution >= 4 is 5.97 Å². The molecular formula is C16H18O2. The summed E-state index contributed by atoms with van der Waals surface area (Å²) in [6.45, 7) is 2.30. The van der Waals surface area contributed by atoms with Gasteiger partial charge in [-0.1, -0.05) is 42.5 Å². The van der Waals surface area contributed by atoms with Gasteiger partial charge in [0.1, 0.15) is 0 Å².